The molecule has 9 heteroatoms. The number of rotatable bonds is 5. The number of piperidine rings is 1. The normalized spacial score (nSPS) is 16.7. The Morgan fingerprint density at radius 1 is 1.38 bits per heavy atom. The van der Waals surface area contributed by atoms with E-state index in [1.165, 1.54) is 11.5 Å². The molecule has 2 N–H and O–H groups in total. The summed E-state index contributed by atoms with van der Waals surface area (Å²) in [6.07, 6.45) is 2.00. The third-order valence-electron chi connectivity index (χ3n) is 4.27. The van der Waals surface area contributed by atoms with E-state index in [1.54, 1.807) is 7.05 Å². The van der Waals surface area contributed by atoms with Gasteiger partial charge in [0.05, 0.1) is 6.54 Å². The largest absolute Gasteiger partial charge is 0.352 e. The summed E-state index contributed by atoms with van der Waals surface area (Å²) in [5.74, 6) is 2.41. The van der Waals surface area contributed by atoms with Gasteiger partial charge in [-0.3, -0.25) is 14.8 Å². The Labute approximate surface area is 145 Å². The fourth-order valence-electron chi connectivity index (χ4n) is 2.79. The molecule has 0 spiro atoms. The van der Waals surface area contributed by atoms with Crippen LogP contribution < -0.4 is 5.32 Å². The van der Waals surface area contributed by atoms with Gasteiger partial charge >= 0.3 is 0 Å². The second-order valence-corrected chi connectivity index (χ2v) is 7.21. The van der Waals surface area contributed by atoms with E-state index in [1.807, 2.05) is 0 Å². The van der Waals surface area contributed by atoms with Crippen molar-refractivity contribution in [2.45, 2.75) is 45.1 Å². The van der Waals surface area contributed by atoms with Gasteiger partial charge in [0.2, 0.25) is 5.82 Å². The molecule has 1 amide bonds. The Morgan fingerprint density at radius 3 is 2.75 bits per heavy atom. The number of carbonyl (C=O) groups excluding carboxylic acids is 1. The number of aromatic nitrogens is 5. The number of nitrogens with one attached hydrogen (secondary N) is 2. The zero-order valence-electron chi connectivity index (χ0n) is 14.2. The topological polar surface area (TPSA) is 99.7 Å². The highest BCUT2D eigenvalue weighted by Gasteiger charge is 2.25. The highest BCUT2D eigenvalue weighted by Crippen LogP contribution is 2.26. The van der Waals surface area contributed by atoms with Crippen molar-refractivity contribution in [3.8, 4) is 0 Å². The average molecular weight is 349 g/mol. The molecule has 24 heavy (non-hydrogen) atoms. The Kier molecular flexibility index (Phi) is 5.20. The fourth-order valence-corrected chi connectivity index (χ4v) is 3.62. The Bertz CT molecular complexity index is 688. The second kappa shape index (κ2) is 7.35. The van der Waals surface area contributed by atoms with Crippen LogP contribution in [0.25, 0.3) is 0 Å². The van der Waals surface area contributed by atoms with Gasteiger partial charge in [-0.1, -0.05) is 13.8 Å². The van der Waals surface area contributed by atoms with Crippen molar-refractivity contribution in [3.05, 3.63) is 22.5 Å². The lowest BCUT2D eigenvalue weighted by atomic mass is 9.96. The van der Waals surface area contributed by atoms with Gasteiger partial charge in [-0.2, -0.15) is 4.37 Å². The fraction of sp³-hybridized carbons (Fsp3) is 0.667. The molecule has 1 fully saturated rings. The van der Waals surface area contributed by atoms with Crippen LogP contribution in [0.3, 0.4) is 0 Å². The number of H-pyrrole nitrogens is 1. The average Bonchev–Trinajstić information content (AvgIpc) is 3.24. The van der Waals surface area contributed by atoms with Gasteiger partial charge < -0.3 is 5.32 Å². The van der Waals surface area contributed by atoms with Crippen molar-refractivity contribution >= 4 is 17.4 Å². The van der Waals surface area contributed by atoms with Crippen LogP contribution in [-0.4, -0.2) is 55.5 Å². The van der Waals surface area contributed by atoms with Gasteiger partial charge in [0.1, 0.15) is 16.7 Å². The van der Waals surface area contributed by atoms with Crippen LogP contribution in [0, 0.1) is 0 Å². The minimum Gasteiger partial charge on any atom is -0.352 e. The van der Waals surface area contributed by atoms with E-state index < -0.39 is 0 Å². The lowest BCUT2D eigenvalue weighted by molar-refractivity contribution is 0.0953. The number of likely N-dealkylation sites (tertiary alicyclic amines) is 1. The van der Waals surface area contributed by atoms with Gasteiger partial charge in [0.15, 0.2) is 0 Å². The zero-order chi connectivity index (χ0) is 17.1. The number of amides is 1. The Hall–Kier alpha value is -1.87. The van der Waals surface area contributed by atoms with E-state index in [4.69, 9.17) is 0 Å². The van der Waals surface area contributed by atoms with E-state index in [9.17, 15) is 4.79 Å². The van der Waals surface area contributed by atoms with E-state index in [0.29, 0.717) is 11.8 Å². The molecule has 8 nitrogen and oxygen atoms in total. The summed E-state index contributed by atoms with van der Waals surface area (Å²) >= 11 is 1.50. The summed E-state index contributed by atoms with van der Waals surface area (Å²) in [5.41, 5.74) is 0. The van der Waals surface area contributed by atoms with Crippen LogP contribution >= 0.6 is 11.5 Å². The second-order valence-electron chi connectivity index (χ2n) is 6.37. The molecule has 0 atom stereocenters. The van der Waals surface area contributed by atoms with Crippen LogP contribution in [0.4, 0.5) is 0 Å². The van der Waals surface area contributed by atoms with Gasteiger partial charge in [-0.15, -0.1) is 5.10 Å². The standard InChI is InChI=1S/C15H23N7OS/c1-9(2)12-17-11(24-21-12)8-22-6-4-10(5-7-22)13-18-14(20-19-13)15(23)16-3/h9-10H,4-8H2,1-3H3,(H,16,23)(H,18,19,20). The molecule has 0 saturated carbocycles. The van der Waals surface area contributed by atoms with Crippen LogP contribution in [0.15, 0.2) is 0 Å². The van der Waals surface area contributed by atoms with Crippen molar-refractivity contribution < 1.29 is 4.79 Å². The van der Waals surface area contributed by atoms with Crippen molar-refractivity contribution in [2.75, 3.05) is 20.1 Å². The first-order chi connectivity index (χ1) is 11.6. The quantitative estimate of drug-likeness (QED) is 0.849. The summed E-state index contributed by atoms with van der Waals surface area (Å²) in [5, 5.41) is 10.5. The van der Waals surface area contributed by atoms with Crippen molar-refractivity contribution in [1.29, 1.82) is 0 Å². The summed E-state index contributed by atoms with van der Waals surface area (Å²) in [6, 6.07) is 0. The van der Waals surface area contributed by atoms with Crippen molar-refractivity contribution in [1.82, 2.24) is 34.8 Å². The zero-order valence-corrected chi connectivity index (χ0v) is 15.1. The maximum Gasteiger partial charge on any atom is 0.290 e. The Morgan fingerprint density at radius 2 is 2.12 bits per heavy atom. The number of hydrogen-bond donors (Lipinski definition) is 2. The molecular formula is C15H23N7OS. The first kappa shape index (κ1) is 17.0. The molecule has 2 aromatic heterocycles. The maximum absolute atomic E-state index is 11.5. The summed E-state index contributed by atoms with van der Waals surface area (Å²) in [6.45, 7) is 7.05. The van der Waals surface area contributed by atoms with E-state index >= 15 is 0 Å². The highest BCUT2D eigenvalue weighted by atomic mass is 32.1. The third-order valence-corrected chi connectivity index (χ3v) is 4.98. The van der Waals surface area contributed by atoms with Crippen LogP contribution in [-0.2, 0) is 6.54 Å². The predicted molar refractivity (Wildman–Crippen MR) is 91.0 cm³/mol. The first-order valence-corrected chi connectivity index (χ1v) is 9.03. The van der Waals surface area contributed by atoms with Crippen molar-refractivity contribution in [2.24, 2.45) is 0 Å². The van der Waals surface area contributed by atoms with Gasteiger partial charge in [0.25, 0.3) is 5.91 Å². The monoisotopic (exact) mass is 349 g/mol. The minimum atomic E-state index is -0.257. The van der Waals surface area contributed by atoms with Gasteiger partial charge in [-0.25, -0.2) is 9.97 Å². The van der Waals surface area contributed by atoms with Gasteiger partial charge in [-0.05, 0) is 37.5 Å². The molecule has 3 rings (SSSR count). The van der Waals surface area contributed by atoms with Crippen LogP contribution in [0.1, 0.15) is 65.8 Å². The molecule has 1 aliphatic heterocycles. The summed E-state index contributed by atoms with van der Waals surface area (Å²) in [4.78, 5) is 22.9. The number of nitrogens with zero attached hydrogens (tertiary/aromatic N) is 5. The minimum absolute atomic E-state index is 0.213. The lowest BCUT2D eigenvalue weighted by Gasteiger charge is -2.30. The van der Waals surface area contributed by atoms with Gasteiger partial charge in [0, 0.05) is 18.9 Å². The predicted octanol–water partition coefficient (Wildman–Crippen LogP) is 1.52. The molecule has 0 aromatic carbocycles. The van der Waals surface area contributed by atoms with Crippen molar-refractivity contribution in [3.63, 3.8) is 0 Å². The lowest BCUT2D eigenvalue weighted by Crippen LogP contribution is -2.32. The molecular weight excluding hydrogens is 326 g/mol. The molecule has 130 valence electrons. The van der Waals surface area contributed by atoms with E-state index in [-0.39, 0.29) is 11.7 Å². The first-order valence-electron chi connectivity index (χ1n) is 8.26. The third kappa shape index (κ3) is 3.78. The van der Waals surface area contributed by atoms with E-state index in [2.05, 4.69) is 48.6 Å². The molecule has 2 aromatic rings. The summed E-state index contributed by atoms with van der Waals surface area (Å²) < 4.78 is 4.41. The molecule has 0 bridgehead atoms. The molecule has 0 aliphatic carbocycles. The van der Waals surface area contributed by atoms with Crippen LogP contribution in [0.5, 0.6) is 0 Å². The smallest absolute Gasteiger partial charge is 0.290 e. The molecule has 3 heterocycles. The van der Waals surface area contributed by atoms with Crippen LogP contribution in [0.2, 0.25) is 0 Å². The molecule has 0 unspecified atom stereocenters. The summed E-state index contributed by atoms with van der Waals surface area (Å²) in [7, 11) is 1.58. The number of aromatic amines is 1. The number of carbonyl (C=O) groups is 1. The number of hydrogen-bond acceptors (Lipinski definition) is 7. The highest BCUT2D eigenvalue weighted by molar-refractivity contribution is 7.05. The molecule has 1 saturated heterocycles. The maximum atomic E-state index is 11.5. The molecule has 1 aliphatic rings. The SMILES string of the molecule is CNC(=O)c1n[nH]c(C2CCN(Cc3nc(C(C)C)ns3)CC2)n1. The molecule has 0 radical (unpaired) electrons. The van der Waals surface area contributed by atoms with E-state index in [0.717, 1.165) is 49.1 Å². The Balaban J connectivity index is 1.53.